The smallest absolute Gasteiger partial charge is 0.327 e. The summed E-state index contributed by atoms with van der Waals surface area (Å²) in [6.45, 7) is 0. The number of aromatic nitrogens is 2. The highest BCUT2D eigenvalue weighted by atomic mass is 16.5. The van der Waals surface area contributed by atoms with Gasteiger partial charge in [0.05, 0.1) is 25.7 Å². The molecule has 0 amide bonds. The van der Waals surface area contributed by atoms with E-state index in [0.717, 1.165) is 12.1 Å². The van der Waals surface area contributed by atoms with Crippen molar-refractivity contribution in [2.75, 3.05) is 19.5 Å². The molecule has 8 heteroatoms. The molecule has 1 atom stereocenters. The third kappa shape index (κ3) is 2.73. The molecular formula is C19H19N3O5. The number of aromatic amines is 2. The van der Waals surface area contributed by atoms with Crippen molar-refractivity contribution >= 4 is 11.6 Å². The molecule has 0 saturated heterocycles. The summed E-state index contributed by atoms with van der Waals surface area (Å²) in [5, 5.41) is 3.09. The molecule has 0 radical (unpaired) electrons. The lowest BCUT2D eigenvalue weighted by atomic mass is 9.76. The van der Waals surface area contributed by atoms with Crippen LogP contribution >= 0.6 is 0 Å². The number of anilines is 1. The highest BCUT2D eigenvalue weighted by Gasteiger charge is 2.38. The number of benzene rings is 1. The maximum atomic E-state index is 12.8. The number of ether oxygens (including phenoxy) is 2. The van der Waals surface area contributed by atoms with Gasteiger partial charge in [-0.05, 0) is 31.0 Å². The molecule has 0 fully saturated rings. The number of carbonyl (C=O) groups excluding carboxylic acids is 1. The van der Waals surface area contributed by atoms with Crippen molar-refractivity contribution in [3.63, 3.8) is 0 Å². The van der Waals surface area contributed by atoms with E-state index >= 15 is 0 Å². The van der Waals surface area contributed by atoms with Crippen LogP contribution in [-0.4, -0.2) is 30.0 Å². The molecule has 0 saturated carbocycles. The van der Waals surface area contributed by atoms with Crippen molar-refractivity contribution < 1.29 is 14.3 Å². The van der Waals surface area contributed by atoms with Gasteiger partial charge in [-0.3, -0.25) is 19.6 Å². The molecule has 0 spiro atoms. The summed E-state index contributed by atoms with van der Waals surface area (Å²) >= 11 is 0. The second-order valence-corrected chi connectivity index (χ2v) is 6.53. The Kier molecular flexibility index (Phi) is 4.10. The predicted molar refractivity (Wildman–Crippen MR) is 98.6 cm³/mol. The van der Waals surface area contributed by atoms with Crippen LogP contribution in [0.25, 0.3) is 0 Å². The van der Waals surface area contributed by atoms with Crippen LogP contribution in [0.4, 0.5) is 5.82 Å². The zero-order chi connectivity index (χ0) is 19.1. The van der Waals surface area contributed by atoms with Crippen LogP contribution in [0.5, 0.6) is 11.5 Å². The van der Waals surface area contributed by atoms with E-state index in [0.29, 0.717) is 41.3 Å². The Hall–Kier alpha value is -3.29. The van der Waals surface area contributed by atoms with Crippen LogP contribution in [0.2, 0.25) is 0 Å². The van der Waals surface area contributed by atoms with Gasteiger partial charge >= 0.3 is 5.69 Å². The first-order chi connectivity index (χ1) is 13.0. The maximum Gasteiger partial charge on any atom is 0.327 e. The number of hydrogen-bond donors (Lipinski definition) is 3. The molecule has 2 heterocycles. The molecule has 140 valence electrons. The highest BCUT2D eigenvalue weighted by molar-refractivity contribution is 6.01. The predicted octanol–water partition coefficient (Wildman–Crippen LogP) is 1.64. The summed E-state index contributed by atoms with van der Waals surface area (Å²) in [5.74, 6) is 0.748. The summed E-state index contributed by atoms with van der Waals surface area (Å²) < 4.78 is 10.8. The van der Waals surface area contributed by atoms with E-state index in [4.69, 9.17) is 9.47 Å². The van der Waals surface area contributed by atoms with Crippen molar-refractivity contribution in [3.05, 3.63) is 61.4 Å². The fraction of sp³-hybridized carbons (Fsp3) is 0.316. The van der Waals surface area contributed by atoms with Crippen molar-refractivity contribution in [2.45, 2.75) is 25.2 Å². The summed E-state index contributed by atoms with van der Waals surface area (Å²) in [5.41, 5.74) is 1.05. The number of hydrogen-bond acceptors (Lipinski definition) is 6. The van der Waals surface area contributed by atoms with E-state index in [-0.39, 0.29) is 11.3 Å². The minimum atomic E-state index is -0.658. The fourth-order valence-electron chi connectivity index (χ4n) is 3.87. The van der Waals surface area contributed by atoms with E-state index < -0.39 is 17.2 Å². The number of rotatable bonds is 3. The molecule has 0 bridgehead atoms. The van der Waals surface area contributed by atoms with Gasteiger partial charge in [0.2, 0.25) is 0 Å². The minimum Gasteiger partial charge on any atom is -0.497 e. The van der Waals surface area contributed by atoms with Crippen LogP contribution < -0.4 is 26.0 Å². The first-order valence-corrected chi connectivity index (χ1v) is 8.65. The number of ketones is 1. The van der Waals surface area contributed by atoms with Gasteiger partial charge in [0.1, 0.15) is 17.3 Å². The van der Waals surface area contributed by atoms with Gasteiger partial charge in [-0.15, -0.1) is 0 Å². The lowest BCUT2D eigenvalue weighted by Crippen LogP contribution is -2.36. The normalized spacial score (nSPS) is 18.4. The van der Waals surface area contributed by atoms with E-state index in [9.17, 15) is 14.4 Å². The molecule has 3 N–H and O–H groups in total. The molecular weight excluding hydrogens is 350 g/mol. The Morgan fingerprint density at radius 3 is 2.59 bits per heavy atom. The lowest BCUT2D eigenvalue weighted by molar-refractivity contribution is -0.116. The van der Waals surface area contributed by atoms with Crippen LogP contribution in [0, 0.1) is 0 Å². The average Bonchev–Trinajstić information content (AvgIpc) is 2.65. The number of allylic oxidation sites excluding steroid dienone is 2. The number of carbonyl (C=O) groups is 1. The minimum absolute atomic E-state index is 0.0186. The highest BCUT2D eigenvalue weighted by Crippen LogP contribution is 2.46. The first-order valence-electron chi connectivity index (χ1n) is 8.65. The molecule has 1 aromatic heterocycles. The number of nitrogens with one attached hydrogen (secondary N) is 3. The SMILES string of the molecule is COc1ccc(OC)c(C2C3=C(CCCC3=O)Nc3[nH]c(=O)[nH]c(=O)c32)c1. The van der Waals surface area contributed by atoms with Gasteiger partial charge in [0, 0.05) is 23.3 Å². The Labute approximate surface area is 154 Å². The van der Waals surface area contributed by atoms with Crippen molar-refractivity contribution in [1.29, 1.82) is 0 Å². The average molecular weight is 369 g/mol. The largest absolute Gasteiger partial charge is 0.497 e. The number of methoxy groups -OCH3 is 2. The molecule has 1 aliphatic carbocycles. The van der Waals surface area contributed by atoms with E-state index in [1.807, 2.05) is 0 Å². The molecule has 2 aliphatic rings. The van der Waals surface area contributed by atoms with Gasteiger partial charge in [-0.25, -0.2) is 4.79 Å². The first kappa shape index (κ1) is 17.1. The van der Waals surface area contributed by atoms with Crippen molar-refractivity contribution in [1.82, 2.24) is 9.97 Å². The summed E-state index contributed by atoms with van der Waals surface area (Å²) in [4.78, 5) is 42.2. The maximum absolute atomic E-state index is 12.8. The third-order valence-corrected chi connectivity index (χ3v) is 5.04. The van der Waals surface area contributed by atoms with Gasteiger partial charge in [-0.1, -0.05) is 0 Å². The Bertz CT molecular complexity index is 1080. The summed E-state index contributed by atoms with van der Waals surface area (Å²) in [7, 11) is 3.07. The Morgan fingerprint density at radius 1 is 1.04 bits per heavy atom. The van der Waals surface area contributed by atoms with E-state index in [2.05, 4.69) is 15.3 Å². The fourth-order valence-corrected chi connectivity index (χ4v) is 3.87. The lowest BCUT2D eigenvalue weighted by Gasteiger charge is -2.33. The van der Waals surface area contributed by atoms with Crippen LogP contribution in [-0.2, 0) is 4.79 Å². The number of Topliss-reactive ketones (excluding diaryl/α,β-unsaturated/α-hetero) is 1. The zero-order valence-corrected chi connectivity index (χ0v) is 15.0. The molecule has 2 aromatic rings. The van der Waals surface area contributed by atoms with E-state index in [1.165, 1.54) is 7.11 Å². The zero-order valence-electron chi connectivity index (χ0n) is 15.0. The van der Waals surface area contributed by atoms with E-state index in [1.54, 1.807) is 25.3 Å². The third-order valence-electron chi connectivity index (χ3n) is 5.04. The number of H-pyrrole nitrogens is 2. The molecule has 4 rings (SSSR count). The Balaban J connectivity index is 2.05. The molecule has 1 unspecified atom stereocenters. The van der Waals surface area contributed by atoms with Crippen molar-refractivity contribution in [3.8, 4) is 11.5 Å². The van der Waals surface area contributed by atoms with Gasteiger partial charge < -0.3 is 14.8 Å². The monoisotopic (exact) mass is 369 g/mol. The van der Waals surface area contributed by atoms with Crippen LogP contribution in [0.1, 0.15) is 36.3 Å². The van der Waals surface area contributed by atoms with Crippen molar-refractivity contribution in [2.24, 2.45) is 0 Å². The van der Waals surface area contributed by atoms with Crippen LogP contribution in [0.15, 0.2) is 39.1 Å². The molecule has 8 nitrogen and oxygen atoms in total. The van der Waals surface area contributed by atoms with Gasteiger partial charge in [0.15, 0.2) is 5.78 Å². The molecule has 1 aromatic carbocycles. The van der Waals surface area contributed by atoms with Gasteiger partial charge in [-0.2, -0.15) is 0 Å². The van der Waals surface area contributed by atoms with Gasteiger partial charge in [0.25, 0.3) is 5.56 Å². The quantitative estimate of drug-likeness (QED) is 0.758. The second-order valence-electron chi connectivity index (χ2n) is 6.53. The number of fused-ring (bicyclic) bond motifs is 1. The molecule has 27 heavy (non-hydrogen) atoms. The molecule has 1 aliphatic heterocycles. The second kappa shape index (κ2) is 6.46. The summed E-state index contributed by atoms with van der Waals surface area (Å²) in [6, 6.07) is 5.25. The summed E-state index contributed by atoms with van der Waals surface area (Å²) in [6.07, 6.45) is 1.80. The Morgan fingerprint density at radius 2 is 1.85 bits per heavy atom. The van der Waals surface area contributed by atoms with Crippen LogP contribution in [0.3, 0.4) is 0 Å². The standard InChI is InChI=1S/C19H19N3O5/c1-26-9-6-7-13(27-2)10(8-9)14-15-11(4-3-5-12(15)23)20-17-16(14)18(24)22-19(25)21-17/h6-8,14H,3-5H2,1-2H3,(H3,20,21,22,24,25). The topological polar surface area (TPSA) is 113 Å².